The normalized spacial score (nSPS) is 21.2. The second-order valence-corrected chi connectivity index (χ2v) is 8.46. The molecule has 2 amide bonds. The average Bonchev–Trinajstić information content (AvgIpc) is 3.06. The number of ether oxygens (including phenoxy) is 1. The van der Waals surface area contributed by atoms with E-state index in [-0.39, 0.29) is 30.0 Å². The zero-order valence-corrected chi connectivity index (χ0v) is 17.4. The van der Waals surface area contributed by atoms with E-state index in [1.807, 2.05) is 4.90 Å². The number of carboxylic acids is 1. The Labute approximate surface area is 178 Å². The van der Waals surface area contributed by atoms with Gasteiger partial charge in [0.05, 0.1) is 12.6 Å². The van der Waals surface area contributed by atoms with E-state index < -0.39 is 11.2 Å². The zero-order chi connectivity index (χ0) is 21.5. The highest BCUT2D eigenvalue weighted by atomic mass is 32.2. The lowest BCUT2D eigenvalue weighted by atomic mass is 9.99. The summed E-state index contributed by atoms with van der Waals surface area (Å²) in [4.78, 5) is 36.4. The Morgan fingerprint density at radius 3 is 2.67 bits per heavy atom. The first-order valence-corrected chi connectivity index (χ1v) is 10.6. The topological polar surface area (TPSA) is 121 Å². The highest BCUT2D eigenvalue weighted by Gasteiger charge is 2.32. The third kappa shape index (κ3) is 6.31. The molecular formula is C20H24N4O5S. The molecule has 2 saturated heterocycles. The summed E-state index contributed by atoms with van der Waals surface area (Å²) in [7, 11) is 0. The van der Waals surface area contributed by atoms with Gasteiger partial charge in [-0.2, -0.15) is 5.10 Å². The number of carboxylic acid groups (broad SMARTS) is 1. The van der Waals surface area contributed by atoms with Crippen LogP contribution < -0.4 is 10.1 Å². The molecule has 2 N–H and O–H groups in total. The zero-order valence-electron chi connectivity index (χ0n) is 16.6. The fraction of sp³-hybridized carbons (Fsp3) is 0.450. The van der Waals surface area contributed by atoms with Crippen molar-refractivity contribution in [3.63, 3.8) is 0 Å². The summed E-state index contributed by atoms with van der Waals surface area (Å²) < 4.78 is 5.58. The summed E-state index contributed by atoms with van der Waals surface area (Å²) in [5.41, 5.74) is 0.763. The van der Waals surface area contributed by atoms with Crippen LogP contribution in [0.2, 0.25) is 0 Å². The molecule has 0 radical (unpaired) electrons. The number of nitrogens with one attached hydrogen (secondary N) is 1. The number of likely N-dealkylation sites (tertiary alicyclic amines) is 1. The molecule has 3 rings (SSSR count). The number of rotatable bonds is 7. The van der Waals surface area contributed by atoms with E-state index in [2.05, 4.69) is 22.4 Å². The van der Waals surface area contributed by atoms with Crippen molar-refractivity contribution in [3.05, 3.63) is 29.8 Å². The van der Waals surface area contributed by atoms with Gasteiger partial charge in [0.15, 0.2) is 11.8 Å². The average molecular weight is 433 g/mol. The molecule has 0 spiro atoms. The molecule has 1 atom stereocenters. The number of nitrogens with zero attached hydrogens (tertiary/aromatic N) is 3. The number of aliphatic carboxylic acids is 1. The Kier molecular flexibility index (Phi) is 7.45. The summed E-state index contributed by atoms with van der Waals surface area (Å²) in [5.74, 6) is -0.162. The number of amidine groups is 1. The van der Waals surface area contributed by atoms with Crippen molar-refractivity contribution in [2.45, 2.75) is 31.4 Å². The maximum absolute atomic E-state index is 12.2. The summed E-state index contributed by atoms with van der Waals surface area (Å²) in [6.07, 6.45) is 3.31. The van der Waals surface area contributed by atoms with Gasteiger partial charge in [0, 0.05) is 13.1 Å². The van der Waals surface area contributed by atoms with Gasteiger partial charge >= 0.3 is 5.97 Å². The van der Waals surface area contributed by atoms with Crippen LogP contribution >= 0.6 is 11.8 Å². The number of piperidine rings is 1. The van der Waals surface area contributed by atoms with Crippen LogP contribution in [0.25, 0.3) is 0 Å². The summed E-state index contributed by atoms with van der Waals surface area (Å²) in [5, 5.41) is 18.7. The van der Waals surface area contributed by atoms with E-state index in [4.69, 9.17) is 9.84 Å². The molecule has 0 saturated carbocycles. The Hall–Kier alpha value is -2.88. The first-order valence-electron chi connectivity index (χ1n) is 9.71. The largest absolute Gasteiger partial charge is 0.484 e. The quantitative estimate of drug-likeness (QED) is 0.500. The van der Waals surface area contributed by atoms with E-state index >= 15 is 0 Å². The molecule has 2 heterocycles. The van der Waals surface area contributed by atoms with Gasteiger partial charge in [-0.1, -0.05) is 18.7 Å². The van der Waals surface area contributed by atoms with Gasteiger partial charge in [0.1, 0.15) is 11.0 Å². The summed E-state index contributed by atoms with van der Waals surface area (Å²) in [6, 6.07) is 7.05. The number of hydrogen-bond acceptors (Lipinski definition) is 7. The number of carbonyl (C=O) groups is 3. The number of benzene rings is 1. The van der Waals surface area contributed by atoms with Crippen molar-refractivity contribution in [2.24, 2.45) is 16.1 Å². The number of thioether (sulfide) groups is 1. The lowest BCUT2D eigenvalue weighted by Gasteiger charge is -2.30. The second kappa shape index (κ2) is 10.2. The van der Waals surface area contributed by atoms with Crippen LogP contribution in [0.1, 0.15) is 31.7 Å². The molecular weight excluding hydrogens is 408 g/mol. The number of hydrogen-bond donors (Lipinski definition) is 2. The molecule has 1 aromatic carbocycles. The van der Waals surface area contributed by atoms with Gasteiger partial charge in [-0.3, -0.25) is 14.4 Å². The van der Waals surface area contributed by atoms with Crippen LogP contribution in [0.3, 0.4) is 0 Å². The molecule has 30 heavy (non-hydrogen) atoms. The second-order valence-electron chi connectivity index (χ2n) is 7.26. The number of carbonyl (C=O) groups excluding carboxylic acids is 2. The van der Waals surface area contributed by atoms with Gasteiger partial charge in [0.25, 0.3) is 5.91 Å². The summed E-state index contributed by atoms with van der Waals surface area (Å²) in [6.45, 7) is 3.80. The van der Waals surface area contributed by atoms with Crippen molar-refractivity contribution >= 4 is 40.9 Å². The SMILES string of the molecule is CC1CCN(C(=O)COc2ccc(C=NN=C3NC(=O)C(CC(=O)O)S3)cc2)CC1. The van der Waals surface area contributed by atoms with Crippen LogP contribution in [0.4, 0.5) is 0 Å². The standard InChI is InChI=1S/C20H24N4O5S/c1-13-6-8-24(9-7-13)17(25)12-29-15-4-2-14(3-5-15)11-21-23-20-22-19(28)16(30-20)10-18(26)27/h2-5,11,13,16H,6-10,12H2,1H3,(H,26,27)(H,22,23,28). The highest BCUT2D eigenvalue weighted by Crippen LogP contribution is 2.22. The molecule has 9 nitrogen and oxygen atoms in total. The van der Waals surface area contributed by atoms with Gasteiger partial charge in [0.2, 0.25) is 5.91 Å². The monoisotopic (exact) mass is 432 g/mol. The molecule has 160 valence electrons. The minimum atomic E-state index is -1.04. The van der Waals surface area contributed by atoms with Crippen molar-refractivity contribution in [1.82, 2.24) is 10.2 Å². The smallest absolute Gasteiger partial charge is 0.305 e. The van der Waals surface area contributed by atoms with E-state index in [0.29, 0.717) is 11.7 Å². The first-order chi connectivity index (χ1) is 14.4. The Bertz CT molecular complexity index is 847. The van der Waals surface area contributed by atoms with Crippen LogP contribution in [0.5, 0.6) is 5.75 Å². The lowest BCUT2D eigenvalue weighted by Crippen LogP contribution is -2.40. The predicted molar refractivity (Wildman–Crippen MR) is 114 cm³/mol. The van der Waals surface area contributed by atoms with Crippen LogP contribution in [0, 0.1) is 5.92 Å². The highest BCUT2D eigenvalue weighted by molar-refractivity contribution is 8.15. The molecule has 2 aliphatic heterocycles. The number of amides is 2. The molecule has 2 aliphatic rings. The third-order valence-corrected chi connectivity index (χ3v) is 5.94. The molecule has 0 aromatic heterocycles. The molecule has 2 fully saturated rings. The summed E-state index contributed by atoms with van der Waals surface area (Å²) >= 11 is 1.04. The van der Waals surface area contributed by atoms with Crippen molar-refractivity contribution in [2.75, 3.05) is 19.7 Å². The van der Waals surface area contributed by atoms with E-state index in [1.165, 1.54) is 6.21 Å². The van der Waals surface area contributed by atoms with Gasteiger partial charge in [-0.25, -0.2) is 0 Å². The van der Waals surface area contributed by atoms with E-state index in [0.717, 1.165) is 43.3 Å². The maximum atomic E-state index is 12.2. The predicted octanol–water partition coefficient (Wildman–Crippen LogP) is 1.72. The Morgan fingerprint density at radius 2 is 2.00 bits per heavy atom. The minimum Gasteiger partial charge on any atom is -0.484 e. The molecule has 0 aliphatic carbocycles. The van der Waals surface area contributed by atoms with Crippen LogP contribution in [-0.4, -0.2) is 64.1 Å². The van der Waals surface area contributed by atoms with Crippen molar-refractivity contribution in [3.8, 4) is 5.75 Å². The Balaban J connectivity index is 1.46. The molecule has 10 heteroatoms. The van der Waals surface area contributed by atoms with Crippen molar-refractivity contribution < 1.29 is 24.2 Å². The third-order valence-electron chi connectivity index (χ3n) is 4.87. The molecule has 1 aromatic rings. The molecule has 0 bridgehead atoms. The van der Waals surface area contributed by atoms with Crippen LogP contribution in [0.15, 0.2) is 34.5 Å². The fourth-order valence-electron chi connectivity index (χ4n) is 3.04. The Morgan fingerprint density at radius 1 is 1.30 bits per heavy atom. The molecule has 1 unspecified atom stereocenters. The van der Waals surface area contributed by atoms with E-state index in [9.17, 15) is 14.4 Å². The maximum Gasteiger partial charge on any atom is 0.305 e. The van der Waals surface area contributed by atoms with Crippen LogP contribution in [-0.2, 0) is 14.4 Å². The van der Waals surface area contributed by atoms with Gasteiger partial charge in [-0.15, -0.1) is 5.10 Å². The van der Waals surface area contributed by atoms with Crippen molar-refractivity contribution in [1.29, 1.82) is 0 Å². The minimum absolute atomic E-state index is 0.000627. The van der Waals surface area contributed by atoms with Gasteiger partial charge in [-0.05, 0) is 48.6 Å². The first kappa shape index (κ1) is 21.8. The fourth-order valence-corrected chi connectivity index (χ4v) is 3.95. The van der Waals surface area contributed by atoms with E-state index in [1.54, 1.807) is 24.3 Å². The lowest BCUT2D eigenvalue weighted by molar-refractivity contribution is -0.138. The van der Waals surface area contributed by atoms with Gasteiger partial charge < -0.3 is 20.1 Å².